The van der Waals surface area contributed by atoms with Crippen LogP contribution in [0, 0.1) is 0 Å². The van der Waals surface area contributed by atoms with Gasteiger partial charge in [-0.05, 0) is 30.4 Å². The van der Waals surface area contributed by atoms with Crippen molar-refractivity contribution in [2.24, 2.45) is 4.99 Å². The van der Waals surface area contributed by atoms with E-state index in [9.17, 15) is 45.1 Å². The number of benzene rings is 3. The molecule has 214 valence electrons. The van der Waals surface area contributed by atoms with Crippen molar-refractivity contribution in [2.45, 2.75) is 15.8 Å². The van der Waals surface area contributed by atoms with Gasteiger partial charge >= 0.3 is 0 Å². The zero-order valence-corrected chi connectivity index (χ0v) is 23.5. The zero-order valence-electron chi connectivity index (χ0n) is 21.1. The number of anilines is 1. The van der Waals surface area contributed by atoms with Crippen LogP contribution in [0.5, 0.6) is 0 Å². The lowest BCUT2D eigenvalue weighted by Gasteiger charge is -2.34. The maximum absolute atomic E-state index is 13.8. The number of Topliss-reactive ketones (excluding diaryl/α,β-unsaturated/α-hetero) is 2. The van der Waals surface area contributed by atoms with Gasteiger partial charge in [0.05, 0.1) is 39.3 Å². The number of carbonyl (C=O) groups is 4. The van der Waals surface area contributed by atoms with E-state index >= 15 is 0 Å². The van der Waals surface area contributed by atoms with Crippen LogP contribution in [0.2, 0.25) is 5.02 Å². The van der Waals surface area contributed by atoms with Gasteiger partial charge in [0.25, 0.3) is 20.2 Å². The van der Waals surface area contributed by atoms with Crippen LogP contribution in [0.25, 0.3) is 0 Å². The summed E-state index contributed by atoms with van der Waals surface area (Å²) in [5, 5.41) is 2.05. The Morgan fingerprint density at radius 3 is 2.05 bits per heavy atom. The van der Waals surface area contributed by atoms with Crippen LogP contribution in [-0.2, 0) is 20.2 Å². The van der Waals surface area contributed by atoms with E-state index < -0.39 is 63.8 Å². The second-order valence-corrected chi connectivity index (χ2v) is 13.0. The number of nitrogens with zero attached hydrogens (tertiary/aromatic N) is 1. The molecule has 7 rings (SSSR count). The molecular weight excluding hydrogens is 624 g/mol. The molecule has 12 nitrogen and oxygen atoms in total. The highest BCUT2D eigenvalue weighted by Gasteiger charge is 2.43. The van der Waals surface area contributed by atoms with E-state index in [-0.39, 0.29) is 62.1 Å². The van der Waals surface area contributed by atoms with Crippen molar-refractivity contribution in [3.63, 3.8) is 0 Å². The molecule has 1 heterocycles. The minimum absolute atomic E-state index is 0.0418. The van der Waals surface area contributed by atoms with Gasteiger partial charge in [-0.25, -0.2) is 4.99 Å². The Labute approximate surface area is 246 Å². The number of halogens is 1. The molecule has 0 fully saturated rings. The first-order chi connectivity index (χ1) is 20.2. The molecule has 15 heteroatoms. The lowest BCUT2D eigenvalue weighted by molar-refractivity contribution is 0.0975. The molecule has 0 saturated carbocycles. The average molecular weight is 637 g/mol. The van der Waals surface area contributed by atoms with E-state index in [1.165, 1.54) is 24.3 Å². The molecule has 0 bridgehead atoms. The lowest BCUT2D eigenvalue weighted by Crippen LogP contribution is -2.41. The van der Waals surface area contributed by atoms with Crippen LogP contribution in [0.4, 0.5) is 11.4 Å². The van der Waals surface area contributed by atoms with Gasteiger partial charge in [-0.2, -0.15) is 16.8 Å². The Bertz CT molecular complexity index is 2300. The highest BCUT2D eigenvalue weighted by molar-refractivity contribution is 7.89. The maximum Gasteiger partial charge on any atom is 0.297 e. The van der Waals surface area contributed by atoms with Gasteiger partial charge in [-0.15, -0.1) is 0 Å². The van der Waals surface area contributed by atoms with Crippen LogP contribution < -0.4 is 5.32 Å². The number of ketones is 4. The summed E-state index contributed by atoms with van der Waals surface area (Å²) in [4.78, 5) is 55.8. The number of fused-ring (bicyclic) bond motifs is 7. The van der Waals surface area contributed by atoms with Crippen molar-refractivity contribution in [3.8, 4) is 0 Å². The molecule has 0 saturated heterocycles. The van der Waals surface area contributed by atoms with Gasteiger partial charge in [-0.1, -0.05) is 35.9 Å². The van der Waals surface area contributed by atoms with Crippen molar-refractivity contribution in [3.05, 3.63) is 104 Å². The molecule has 0 spiro atoms. The molecule has 43 heavy (non-hydrogen) atoms. The molecule has 1 atom stereocenters. The van der Waals surface area contributed by atoms with E-state index in [1.54, 1.807) is 24.3 Å². The Balaban J connectivity index is 1.40. The molecule has 3 N–H and O–H groups in total. The fraction of sp³-hybridized carbons (Fsp3) is 0.0357. The Kier molecular flexibility index (Phi) is 5.52. The third-order valence-electron chi connectivity index (χ3n) is 7.59. The quantitative estimate of drug-likeness (QED) is 0.272. The summed E-state index contributed by atoms with van der Waals surface area (Å²) in [6.07, 6.45) is 2.94. The fourth-order valence-electron chi connectivity index (χ4n) is 5.77. The summed E-state index contributed by atoms with van der Waals surface area (Å²) in [6.45, 7) is 0. The fourth-order valence-corrected chi connectivity index (χ4v) is 8.28. The normalized spacial score (nSPS) is 18.6. The highest BCUT2D eigenvalue weighted by atomic mass is 35.5. The molecule has 3 aromatic carbocycles. The van der Waals surface area contributed by atoms with Gasteiger partial charge in [0.15, 0.2) is 23.1 Å². The van der Waals surface area contributed by atoms with Crippen LogP contribution >= 0.6 is 11.6 Å². The molecule has 1 aliphatic heterocycles. The van der Waals surface area contributed by atoms with Gasteiger partial charge in [0.2, 0.25) is 0 Å². The number of nitrogens with one attached hydrogen (secondary N) is 1. The van der Waals surface area contributed by atoms with E-state index in [0.29, 0.717) is 6.07 Å². The van der Waals surface area contributed by atoms with Crippen molar-refractivity contribution in [1.82, 2.24) is 0 Å². The number of hydrogen-bond acceptors (Lipinski definition) is 10. The van der Waals surface area contributed by atoms with E-state index in [1.807, 2.05) is 0 Å². The number of aliphatic imine (C=N–C) groups is 1. The van der Waals surface area contributed by atoms with Crippen LogP contribution in [0.3, 0.4) is 0 Å². The SMILES string of the molecule is O=C1C2=C(C(=O)c3ccccc31)C1Nc3ccc4c(c3N=C1C=C2)C(=O)c1cc(S(=O)(=O)O)c(S(=O)(=O)O)c(Cl)c1C4=O. The Morgan fingerprint density at radius 2 is 1.40 bits per heavy atom. The number of hydrogen-bond donors (Lipinski definition) is 3. The monoisotopic (exact) mass is 636 g/mol. The van der Waals surface area contributed by atoms with E-state index in [4.69, 9.17) is 11.6 Å². The third-order valence-corrected chi connectivity index (χ3v) is 10.0. The van der Waals surface area contributed by atoms with Gasteiger partial charge < -0.3 is 5.32 Å². The summed E-state index contributed by atoms with van der Waals surface area (Å²) < 4.78 is 67.4. The van der Waals surface area contributed by atoms with Gasteiger partial charge in [0, 0.05) is 33.4 Å². The molecule has 4 aliphatic rings. The Morgan fingerprint density at radius 1 is 0.744 bits per heavy atom. The lowest BCUT2D eigenvalue weighted by atomic mass is 9.76. The smallest absolute Gasteiger partial charge is 0.297 e. The molecule has 0 radical (unpaired) electrons. The summed E-state index contributed by atoms with van der Waals surface area (Å²) >= 11 is 6.11. The largest absolute Gasteiger partial charge is 0.371 e. The molecule has 0 aromatic heterocycles. The first-order valence-electron chi connectivity index (χ1n) is 12.2. The molecule has 0 amide bonds. The minimum Gasteiger partial charge on any atom is -0.371 e. The summed E-state index contributed by atoms with van der Waals surface area (Å²) in [5.41, 5.74) is -0.629. The number of allylic oxidation sites excluding steroid dienone is 2. The predicted molar refractivity (Wildman–Crippen MR) is 150 cm³/mol. The van der Waals surface area contributed by atoms with Crippen LogP contribution in [-0.4, -0.2) is 60.8 Å². The van der Waals surface area contributed by atoms with Crippen molar-refractivity contribution in [1.29, 1.82) is 0 Å². The number of carbonyl (C=O) groups excluding carboxylic acids is 4. The van der Waals surface area contributed by atoms with Crippen molar-refractivity contribution >= 4 is 72.1 Å². The second-order valence-electron chi connectivity index (χ2n) is 9.91. The van der Waals surface area contributed by atoms with E-state index in [0.717, 1.165) is 0 Å². The zero-order chi connectivity index (χ0) is 30.7. The first-order valence-corrected chi connectivity index (χ1v) is 15.5. The Hall–Kier alpha value is -4.60. The van der Waals surface area contributed by atoms with Gasteiger partial charge in [0.1, 0.15) is 9.79 Å². The highest BCUT2D eigenvalue weighted by Crippen LogP contribution is 2.46. The van der Waals surface area contributed by atoms with E-state index in [2.05, 4.69) is 10.3 Å². The molecule has 1 unspecified atom stereocenters. The second kappa shape index (κ2) is 8.72. The summed E-state index contributed by atoms with van der Waals surface area (Å²) in [5.74, 6) is -2.67. The predicted octanol–water partition coefficient (Wildman–Crippen LogP) is 3.42. The number of rotatable bonds is 2. The average Bonchev–Trinajstić information content (AvgIpc) is 2.95. The summed E-state index contributed by atoms with van der Waals surface area (Å²) in [6, 6.07) is 8.61. The third kappa shape index (κ3) is 3.71. The van der Waals surface area contributed by atoms with Crippen molar-refractivity contribution < 1.29 is 45.1 Å². The van der Waals surface area contributed by atoms with Gasteiger partial charge in [-0.3, -0.25) is 28.3 Å². The van der Waals surface area contributed by atoms with Crippen LogP contribution in [0.15, 0.2) is 80.5 Å². The first kappa shape index (κ1) is 27.2. The summed E-state index contributed by atoms with van der Waals surface area (Å²) in [7, 11) is -10.8. The molecular formula is C28H13ClN2O10S2. The van der Waals surface area contributed by atoms with Crippen molar-refractivity contribution in [2.75, 3.05) is 5.32 Å². The van der Waals surface area contributed by atoms with Crippen LogP contribution in [0.1, 0.15) is 52.6 Å². The minimum atomic E-state index is -5.39. The molecule has 3 aliphatic carbocycles. The standard InChI is InChI=1S/C28H13ClN2O10S2/c29-21-18-14(9-17(42(36,37)38)28(21)43(39,40)41)27(35)20-13(26(18)34)6-8-16-23(20)31-15-7-5-12-19(22(15)30-16)25(33)11-4-2-1-3-10(11)24(12)32/h1-9,22,30H,(H,36,37,38)(H,39,40,41). The maximum atomic E-state index is 13.8. The molecule has 3 aromatic rings. The topological polar surface area (TPSA) is 201 Å².